The van der Waals surface area contributed by atoms with Crippen molar-refractivity contribution >= 4 is 34.6 Å². The van der Waals surface area contributed by atoms with E-state index in [1.165, 1.54) is 0 Å². The minimum absolute atomic E-state index is 0.533. The van der Waals surface area contributed by atoms with Crippen molar-refractivity contribution in [1.29, 1.82) is 0 Å². The van der Waals surface area contributed by atoms with Crippen LogP contribution in [0.1, 0.15) is 16.7 Å². The van der Waals surface area contributed by atoms with Gasteiger partial charge < -0.3 is 0 Å². The van der Waals surface area contributed by atoms with Crippen molar-refractivity contribution < 1.29 is 0 Å². The third-order valence-corrected chi connectivity index (χ3v) is 9.15. The molecule has 0 atom stereocenters. The molecule has 6 aromatic carbocycles. The molecule has 0 bridgehead atoms. The van der Waals surface area contributed by atoms with E-state index < -0.39 is 5.79 Å². The first kappa shape index (κ1) is 29.8. The summed E-state index contributed by atoms with van der Waals surface area (Å²) in [6.45, 7) is 0. The van der Waals surface area contributed by atoms with Gasteiger partial charge in [-0.25, -0.2) is 15.0 Å². The maximum Gasteiger partial charge on any atom is 0.263 e. The molecule has 0 aliphatic carbocycles. The van der Waals surface area contributed by atoms with Crippen LogP contribution in [0.4, 0.5) is 0 Å². The Hall–Kier alpha value is -5.55. The van der Waals surface area contributed by atoms with Gasteiger partial charge in [-0.05, 0) is 18.2 Å². The zero-order valence-corrected chi connectivity index (χ0v) is 27.2. The van der Waals surface area contributed by atoms with Crippen LogP contribution < -0.4 is 0 Å². The van der Waals surface area contributed by atoms with Gasteiger partial charge in [-0.2, -0.15) is 0 Å². The van der Waals surface area contributed by atoms with Gasteiger partial charge >= 0.3 is 0 Å². The predicted molar refractivity (Wildman–Crippen MR) is 198 cm³/mol. The first-order valence-corrected chi connectivity index (χ1v) is 16.4. The van der Waals surface area contributed by atoms with Crippen LogP contribution in [0.15, 0.2) is 180 Å². The van der Waals surface area contributed by atoms with E-state index in [1.54, 1.807) is 0 Å². The largest absolute Gasteiger partial charge is 0.275 e. The van der Waals surface area contributed by atoms with Gasteiger partial charge in [0.1, 0.15) is 5.82 Å². The Balaban J connectivity index is 1.59. The van der Waals surface area contributed by atoms with Crippen molar-refractivity contribution in [3.05, 3.63) is 197 Å². The lowest BCUT2D eigenvalue weighted by atomic mass is 10.0. The van der Waals surface area contributed by atoms with Crippen LogP contribution in [0.2, 0.25) is 10.0 Å². The van der Waals surface area contributed by atoms with Gasteiger partial charge in [0.05, 0.1) is 32.9 Å². The molecule has 7 aromatic rings. The van der Waals surface area contributed by atoms with Crippen LogP contribution in [0.5, 0.6) is 0 Å². The molecule has 0 saturated carbocycles. The molecule has 0 radical (unpaired) electrons. The van der Waals surface area contributed by atoms with E-state index in [2.05, 4.69) is 53.1 Å². The van der Waals surface area contributed by atoms with Crippen molar-refractivity contribution in [3.8, 4) is 33.9 Å². The highest BCUT2D eigenvalue weighted by molar-refractivity contribution is 6.54. The Morgan fingerprint density at radius 3 is 1.40 bits per heavy atom. The number of halogens is 2. The van der Waals surface area contributed by atoms with Gasteiger partial charge in [-0.15, -0.1) is 0 Å². The monoisotopic (exact) mass is 658 g/mol. The number of aromatic nitrogens is 2. The van der Waals surface area contributed by atoms with Crippen LogP contribution in [0.25, 0.3) is 33.9 Å². The molecule has 0 N–H and O–H groups in total. The minimum Gasteiger partial charge on any atom is -0.275 e. The zero-order chi connectivity index (χ0) is 32.5. The molecule has 2 heterocycles. The number of hydrogen-bond donors (Lipinski definition) is 0. The molecule has 0 unspecified atom stereocenters. The zero-order valence-electron chi connectivity index (χ0n) is 25.7. The second-order valence-electron chi connectivity index (χ2n) is 11.4. The molecule has 230 valence electrons. The van der Waals surface area contributed by atoms with Gasteiger partial charge in [-0.3, -0.25) is 4.57 Å². The second-order valence-corrected chi connectivity index (χ2v) is 12.3. The molecule has 6 heteroatoms. The Kier molecular flexibility index (Phi) is 7.81. The minimum atomic E-state index is -1.41. The van der Waals surface area contributed by atoms with Crippen LogP contribution in [-0.2, 0) is 5.79 Å². The smallest absolute Gasteiger partial charge is 0.263 e. The first-order valence-electron chi connectivity index (χ1n) is 15.7. The highest BCUT2D eigenvalue weighted by Crippen LogP contribution is 2.48. The maximum absolute atomic E-state index is 7.18. The summed E-state index contributed by atoms with van der Waals surface area (Å²) in [4.78, 5) is 16.8. The SMILES string of the molecule is Clc1ccccc1-c1nc(-c2ccccc2)c(-c2ccccc2)n1C1(c2ccccc2Cl)N=C(c2ccccc2)C(c2ccccc2)=N1. The molecule has 1 aromatic heterocycles. The maximum atomic E-state index is 7.18. The van der Waals surface area contributed by atoms with E-state index >= 15 is 0 Å². The summed E-state index contributed by atoms with van der Waals surface area (Å²) in [6, 6.07) is 56.4. The fourth-order valence-electron chi connectivity index (χ4n) is 6.32. The fourth-order valence-corrected chi connectivity index (χ4v) is 6.80. The summed E-state index contributed by atoms with van der Waals surface area (Å²) in [5.41, 5.74) is 8.38. The third-order valence-electron chi connectivity index (χ3n) is 8.49. The number of rotatable bonds is 7. The molecule has 4 nitrogen and oxygen atoms in total. The van der Waals surface area contributed by atoms with Crippen molar-refractivity contribution in [2.45, 2.75) is 5.79 Å². The number of imidazole rings is 1. The topological polar surface area (TPSA) is 42.5 Å². The van der Waals surface area contributed by atoms with Gasteiger partial charge in [0.15, 0.2) is 0 Å². The summed E-state index contributed by atoms with van der Waals surface area (Å²) in [6.07, 6.45) is 0. The summed E-state index contributed by atoms with van der Waals surface area (Å²) in [5, 5.41) is 1.10. The van der Waals surface area contributed by atoms with E-state index in [0.717, 1.165) is 50.6 Å². The Bertz CT molecular complexity index is 2240. The molecular weight excluding hydrogens is 631 g/mol. The van der Waals surface area contributed by atoms with Crippen molar-refractivity contribution in [2.75, 3.05) is 0 Å². The molecule has 48 heavy (non-hydrogen) atoms. The third kappa shape index (κ3) is 5.16. The molecule has 0 amide bonds. The van der Waals surface area contributed by atoms with Crippen LogP contribution in [0, 0.1) is 0 Å². The second kappa shape index (κ2) is 12.6. The van der Waals surface area contributed by atoms with E-state index in [4.69, 9.17) is 38.2 Å². The van der Waals surface area contributed by atoms with Gasteiger partial charge in [0, 0.05) is 33.4 Å². The number of nitrogens with zero attached hydrogens (tertiary/aromatic N) is 4. The van der Waals surface area contributed by atoms with Gasteiger partial charge in [0.25, 0.3) is 5.79 Å². The molecule has 0 fully saturated rings. The summed E-state index contributed by atoms with van der Waals surface area (Å²) in [5.74, 6) is -0.790. The summed E-state index contributed by atoms with van der Waals surface area (Å²) < 4.78 is 2.13. The highest BCUT2D eigenvalue weighted by Gasteiger charge is 2.46. The van der Waals surface area contributed by atoms with Crippen molar-refractivity contribution in [1.82, 2.24) is 9.55 Å². The predicted octanol–water partition coefficient (Wildman–Crippen LogP) is 10.8. The summed E-state index contributed by atoms with van der Waals surface area (Å²) in [7, 11) is 0. The van der Waals surface area contributed by atoms with E-state index in [0.29, 0.717) is 21.4 Å². The highest BCUT2D eigenvalue weighted by atomic mass is 35.5. The number of aliphatic imine (C=N–C) groups is 2. The summed E-state index contributed by atoms with van der Waals surface area (Å²) >= 11 is 14.2. The number of hydrogen-bond acceptors (Lipinski definition) is 3. The molecular formula is C42H28Cl2N4. The Morgan fingerprint density at radius 2 is 0.875 bits per heavy atom. The normalized spacial score (nSPS) is 13.6. The van der Waals surface area contributed by atoms with Crippen LogP contribution in [-0.4, -0.2) is 21.0 Å². The van der Waals surface area contributed by atoms with Crippen molar-refractivity contribution in [3.63, 3.8) is 0 Å². The lowest BCUT2D eigenvalue weighted by Gasteiger charge is -2.30. The average molecular weight is 660 g/mol. The molecule has 8 rings (SSSR count). The molecule has 1 aliphatic rings. The quantitative estimate of drug-likeness (QED) is 0.168. The van der Waals surface area contributed by atoms with Gasteiger partial charge in [0.2, 0.25) is 0 Å². The Labute approximate surface area is 289 Å². The lowest BCUT2D eigenvalue weighted by molar-refractivity contribution is 0.409. The first-order chi connectivity index (χ1) is 23.6. The molecule has 1 aliphatic heterocycles. The van der Waals surface area contributed by atoms with Gasteiger partial charge in [-0.1, -0.05) is 175 Å². The van der Waals surface area contributed by atoms with E-state index in [-0.39, 0.29) is 0 Å². The lowest BCUT2D eigenvalue weighted by Crippen LogP contribution is -2.31. The Morgan fingerprint density at radius 1 is 0.438 bits per heavy atom. The fraction of sp³-hybridized carbons (Fsp3) is 0.0238. The van der Waals surface area contributed by atoms with Crippen LogP contribution in [0.3, 0.4) is 0 Å². The number of benzene rings is 6. The molecule has 0 spiro atoms. The van der Waals surface area contributed by atoms with E-state index in [1.807, 2.05) is 121 Å². The standard InChI is InChI=1S/C42H28Cl2N4/c43-35-27-15-13-25-33(35)41-45-39(31-21-9-3-10-22-31)40(32-23-11-4-12-24-32)48(41)42(34-26-14-16-28-36(34)44)46-37(29-17-5-1-6-18-29)38(47-42)30-19-7-2-8-20-30/h1-28H. The van der Waals surface area contributed by atoms with Crippen molar-refractivity contribution in [2.24, 2.45) is 9.98 Å². The van der Waals surface area contributed by atoms with Crippen LogP contribution >= 0.6 is 23.2 Å². The van der Waals surface area contributed by atoms with E-state index in [9.17, 15) is 0 Å². The molecule has 0 saturated heterocycles. The average Bonchev–Trinajstić information content (AvgIpc) is 3.75.